The fourth-order valence-corrected chi connectivity index (χ4v) is 1.22. The maximum absolute atomic E-state index is 10.2. The molecular formula is C7H14N2O2. The molecule has 0 spiro atoms. The van der Waals surface area contributed by atoms with Crippen LogP contribution in [0.1, 0.15) is 12.8 Å². The van der Waals surface area contributed by atoms with Crippen LogP contribution in [-0.2, 0) is 4.79 Å². The Labute approximate surface area is 65.8 Å². The summed E-state index contributed by atoms with van der Waals surface area (Å²) in [6.45, 7) is 1.44. The Kier molecular flexibility index (Phi) is 4.54. The van der Waals surface area contributed by atoms with E-state index in [1.54, 1.807) is 0 Å². The van der Waals surface area contributed by atoms with Crippen molar-refractivity contribution in [3.05, 3.63) is 5.70 Å². The smallest absolute Gasteiger partial charge is 0.145 e. The molecular weight excluding hydrogens is 144 g/mol. The third-order valence-corrected chi connectivity index (χ3v) is 1.85. The fraction of sp³-hybridized carbons (Fsp3) is 0.714. The summed E-state index contributed by atoms with van der Waals surface area (Å²) in [4.78, 5) is 10.2. The lowest BCUT2D eigenvalue weighted by Gasteiger charge is -2.22. The zero-order valence-corrected chi connectivity index (χ0v) is 6.39. The van der Waals surface area contributed by atoms with Gasteiger partial charge >= 0.3 is 0 Å². The SMILES string of the molecule is NCC1CCCNC1=C=O.O. The molecule has 0 aromatic carbocycles. The van der Waals surface area contributed by atoms with Crippen LogP contribution in [0.2, 0.25) is 0 Å². The molecule has 0 aromatic heterocycles. The predicted octanol–water partition coefficient (Wildman–Crippen LogP) is -1.16. The van der Waals surface area contributed by atoms with Crippen molar-refractivity contribution in [2.24, 2.45) is 11.7 Å². The molecule has 0 aromatic rings. The topological polar surface area (TPSA) is 86.6 Å². The third-order valence-electron chi connectivity index (χ3n) is 1.85. The minimum absolute atomic E-state index is 0. The summed E-state index contributed by atoms with van der Waals surface area (Å²) in [6, 6.07) is 0. The molecule has 0 radical (unpaired) electrons. The van der Waals surface area contributed by atoms with E-state index in [1.807, 2.05) is 5.94 Å². The van der Waals surface area contributed by atoms with Crippen molar-refractivity contribution < 1.29 is 10.3 Å². The Balaban J connectivity index is 0.000001000. The summed E-state index contributed by atoms with van der Waals surface area (Å²) in [7, 11) is 0. The molecule has 1 fully saturated rings. The molecule has 1 rings (SSSR count). The number of nitrogens with two attached hydrogens (primary N) is 1. The summed E-state index contributed by atoms with van der Waals surface area (Å²) in [5.41, 5.74) is 6.09. The maximum Gasteiger partial charge on any atom is 0.145 e. The van der Waals surface area contributed by atoms with Gasteiger partial charge in [-0.1, -0.05) is 0 Å². The van der Waals surface area contributed by atoms with Crippen LogP contribution in [-0.4, -0.2) is 24.5 Å². The van der Waals surface area contributed by atoms with E-state index < -0.39 is 0 Å². The molecule has 0 amide bonds. The minimum atomic E-state index is 0. The van der Waals surface area contributed by atoms with Crippen LogP contribution in [0.4, 0.5) is 0 Å². The molecule has 1 unspecified atom stereocenters. The standard InChI is InChI=1S/C7H12N2O.H2O/c8-4-6-2-1-3-9-7(6)5-10;/h6,9H,1-4,8H2;1H2. The van der Waals surface area contributed by atoms with E-state index in [0.717, 1.165) is 19.4 Å². The van der Waals surface area contributed by atoms with Crippen molar-refractivity contribution >= 4 is 5.94 Å². The van der Waals surface area contributed by atoms with E-state index >= 15 is 0 Å². The molecule has 4 nitrogen and oxygen atoms in total. The number of carbonyl (C=O) groups excluding carboxylic acids is 1. The van der Waals surface area contributed by atoms with Crippen molar-refractivity contribution in [3.8, 4) is 0 Å². The molecule has 11 heavy (non-hydrogen) atoms. The zero-order valence-electron chi connectivity index (χ0n) is 6.39. The number of rotatable bonds is 1. The fourth-order valence-electron chi connectivity index (χ4n) is 1.22. The molecule has 1 aliphatic heterocycles. The Morgan fingerprint density at radius 2 is 2.45 bits per heavy atom. The van der Waals surface area contributed by atoms with Gasteiger partial charge in [-0.15, -0.1) is 0 Å². The second kappa shape index (κ2) is 4.91. The highest BCUT2D eigenvalue weighted by Crippen LogP contribution is 2.15. The molecule has 0 bridgehead atoms. The Bertz CT molecular complexity index is 164. The van der Waals surface area contributed by atoms with Gasteiger partial charge in [0.1, 0.15) is 11.6 Å². The van der Waals surface area contributed by atoms with E-state index in [0.29, 0.717) is 12.2 Å². The van der Waals surface area contributed by atoms with Gasteiger partial charge in [-0.05, 0) is 12.8 Å². The van der Waals surface area contributed by atoms with Gasteiger partial charge in [0.25, 0.3) is 0 Å². The lowest BCUT2D eigenvalue weighted by Crippen LogP contribution is -2.32. The van der Waals surface area contributed by atoms with E-state index in [2.05, 4.69) is 5.32 Å². The molecule has 1 heterocycles. The highest BCUT2D eigenvalue weighted by atomic mass is 16.1. The van der Waals surface area contributed by atoms with Gasteiger partial charge in [0.05, 0.1) is 0 Å². The van der Waals surface area contributed by atoms with E-state index in [9.17, 15) is 4.79 Å². The monoisotopic (exact) mass is 158 g/mol. The van der Waals surface area contributed by atoms with Gasteiger partial charge < -0.3 is 16.5 Å². The van der Waals surface area contributed by atoms with Gasteiger partial charge in [0.15, 0.2) is 0 Å². The average molecular weight is 158 g/mol. The van der Waals surface area contributed by atoms with Crippen LogP contribution < -0.4 is 11.1 Å². The van der Waals surface area contributed by atoms with E-state index in [4.69, 9.17) is 5.73 Å². The second-order valence-corrected chi connectivity index (χ2v) is 2.52. The van der Waals surface area contributed by atoms with E-state index in [1.165, 1.54) is 0 Å². The summed E-state index contributed by atoms with van der Waals surface area (Å²) in [6.07, 6.45) is 2.13. The van der Waals surface area contributed by atoms with Crippen LogP contribution in [0, 0.1) is 5.92 Å². The van der Waals surface area contributed by atoms with Gasteiger partial charge in [-0.25, -0.2) is 4.79 Å². The number of piperidine rings is 1. The first-order valence-electron chi connectivity index (χ1n) is 3.57. The predicted molar refractivity (Wildman–Crippen MR) is 42.6 cm³/mol. The normalized spacial score (nSPS) is 23.0. The van der Waals surface area contributed by atoms with Gasteiger partial charge in [0, 0.05) is 19.0 Å². The van der Waals surface area contributed by atoms with Gasteiger partial charge in [-0.3, -0.25) is 0 Å². The Hall–Kier alpha value is -0.830. The second-order valence-electron chi connectivity index (χ2n) is 2.52. The molecule has 64 valence electrons. The van der Waals surface area contributed by atoms with Crippen molar-refractivity contribution in [2.45, 2.75) is 12.8 Å². The van der Waals surface area contributed by atoms with Crippen molar-refractivity contribution in [1.29, 1.82) is 0 Å². The highest BCUT2D eigenvalue weighted by molar-refractivity contribution is 5.52. The number of hydrogen-bond donors (Lipinski definition) is 2. The first-order valence-corrected chi connectivity index (χ1v) is 3.57. The van der Waals surface area contributed by atoms with Crippen molar-refractivity contribution in [3.63, 3.8) is 0 Å². The van der Waals surface area contributed by atoms with Crippen LogP contribution >= 0.6 is 0 Å². The highest BCUT2D eigenvalue weighted by Gasteiger charge is 2.17. The summed E-state index contributed by atoms with van der Waals surface area (Å²) in [5.74, 6) is 2.11. The number of hydrogen-bond acceptors (Lipinski definition) is 3. The van der Waals surface area contributed by atoms with Crippen LogP contribution in [0.25, 0.3) is 0 Å². The van der Waals surface area contributed by atoms with Crippen molar-refractivity contribution in [1.82, 2.24) is 5.32 Å². The molecule has 4 heteroatoms. The molecule has 1 aliphatic rings. The summed E-state index contributed by atoms with van der Waals surface area (Å²) >= 11 is 0. The molecule has 0 saturated carbocycles. The minimum Gasteiger partial charge on any atom is -0.412 e. The number of nitrogens with one attached hydrogen (secondary N) is 1. The Morgan fingerprint density at radius 3 is 2.91 bits per heavy atom. The zero-order chi connectivity index (χ0) is 7.40. The molecule has 5 N–H and O–H groups in total. The van der Waals surface area contributed by atoms with Crippen LogP contribution in [0.3, 0.4) is 0 Å². The first-order chi connectivity index (χ1) is 4.88. The van der Waals surface area contributed by atoms with E-state index in [-0.39, 0.29) is 11.4 Å². The molecule has 1 atom stereocenters. The largest absolute Gasteiger partial charge is 0.412 e. The Morgan fingerprint density at radius 1 is 1.73 bits per heavy atom. The quantitative estimate of drug-likeness (QED) is 0.472. The van der Waals surface area contributed by atoms with Crippen LogP contribution in [0.5, 0.6) is 0 Å². The van der Waals surface area contributed by atoms with Crippen LogP contribution in [0.15, 0.2) is 5.70 Å². The van der Waals surface area contributed by atoms with Gasteiger partial charge in [-0.2, -0.15) is 0 Å². The molecule has 0 aliphatic carbocycles. The van der Waals surface area contributed by atoms with Crippen molar-refractivity contribution in [2.75, 3.05) is 13.1 Å². The summed E-state index contributed by atoms with van der Waals surface area (Å²) in [5, 5.41) is 2.98. The van der Waals surface area contributed by atoms with Gasteiger partial charge in [0.2, 0.25) is 0 Å². The lowest BCUT2D eigenvalue weighted by molar-refractivity contribution is 0.449. The lowest BCUT2D eigenvalue weighted by atomic mass is 9.97. The maximum atomic E-state index is 10.2. The third kappa shape index (κ3) is 2.35. The average Bonchev–Trinajstić information content (AvgIpc) is 2.04. The first kappa shape index (κ1) is 10.2. The summed E-state index contributed by atoms with van der Waals surface area (Å²) < 4.78 is 0. The molecule has 1 saturated heterocycles.